The van der Waals surface area contributed by atoms with Crippen molar-refractivity contribution < 1.29 is 4.74 Å². The average molecular weight is 258 g/mol. The number of aromatic nitrogens is 1. The number of hydrogen-bond donors (Lipinski definition) is 2. The summed E-state index contributed by atoms with van der Waals surface area (Å²) in [6.45, 7) is 0. The van der Waals surface area contributed by atoms with Gasteiger partial charge in [0.05, 0.1) is 12.6 Å². The molecule has 3 rings (SSSR count). The Kier molecular flexibility index (Phi) is 3.47. The Morgan fingerprint density at radius 2 is 2.16 bits per heavy atom. The summed E-state index contributed by atoms with van der Waals surface area (Å²) in [6, 6.07) is 6.58. The predicted molar refractivity (Wildman–Crippen MR) is 78.5 cm³/mol. The summed E-state index contributed by atoms with van der Waals surface area (Å²) in [4.78, 5) is 3.35. The molecule has 1 aromatic heterocycles. The normalized spacial score (nSPS) is 23.7. The van der Waals surface area contributed by atoms with Crippen LogP contribution in [0.15, 0.2) is 24.4 Å². The second-order valence-electron chi connectivity index (χ2n) is 5.61. The van der Waals surface area contributed by atoms with Gasteiger partial charge in [0.1, 0.15) is 5.75 Å². The van der Waals surface area contributed by atoms with Crippen molar-refractivity contribution in [3.63, 3.8) is 0 Å². The van der Waals surface area contributed by atoms with E-state index in [0.29, 0.717) is 12.0 Å². The van der Waals surface area contributed by atoms with Gasteiger partial charge in [-0.2, -0.15) is 0 Å². The SMILES string of the molecule is COc1cccc2c(CC3CCCCC3N)c[nH]c12. The smallest absolute Gasteiger partial charge is 0.142 e. The summed E-state index contributed by atoms with van der Waals surface area (Å²) in [5.41, 5.74) is 8.73. The number of para-hydroxylation sites is 1. The first kappa shape index (κ1) is 12.5. The van der Waals surface area contributed by atoms with Crippen LogP contribution in [0.2, 0.25) is 0 Å². The minimum Gasteiger partial charge on any atom is -0.495 e. The molecular formula is C16H22N2O. The standard InChI is InChI=1S/C16H22N2O/c1-19-15-8-4-6-13-12(10-18-16(13)15)9-11-5-2-3-7-14(11)17/h4,6,8,10-11,14,18H,2-3,5,7,9,17H2,1H3. The van der Waals surface area contributed by atoms with Crippen molar-refractivity contribution in [3.8, 4) is 5.75 Å². The molecule has 2 unspecified atom stereocenters. The lowest BCUT2D eigenvalue weighted by molar-refractivity contribution is 0.307. The molecule has 3 N–H and O–H groups in total. The number of H-pyrrole nitrogens is 1. The molecule has 3 nitrogen and oxygen atoms in total. The van der Waals surface area contributed by atoms with E-state index in [1.165, 1.54) is 36.6 Å². The van der Waals surface area contributed by atoms with E-state index in [0.717, 1.165) is 17.7 Å². The lowest BCUT2D eigenvalue weighted by Crippen LogP contribution is -2.34. The molecule has 0 amide bonds. The third-order valence-electron chi connectivity index (χ3n) is 4.43. The molecule has 1 fully saturated rings. The highest BCUT2D eigenvalue weighted by atomic mass is 16.5. The Morgan fingerprint density at radius 1 is 1.32 bits per heavy atom. The van der Waals surface area contributed by atoms with Gasteiger partial charge in [-0.05, 0) is 36.8 Å². The van der Waals surface area contributed by atoms with Crippen molar-refractivity contribution in [2.24, 2.45) is 11.7 Å². The molecule has 3 heteroatoms. The molecule has 1 aliphatic rings. The zero-order valence-corrected chi connectivity index (χ0v) is 11.5. The van der Waals surface area contributed by atoms with Gasteiger partial charge in [-0.25, -0.2) is 0 Å². The van der Waals surface area contributed by atoms with E-state index in [1.54, 1.807) is 7.11 Å². The van der Waals surface area contributed by atoms with Crippen LogP contribution >= 0.6 is 0 Å². The molecule has 0 saturated heterocycles. The Bertz CT molecular complexity index is 561. The highest BCUT2D eigenvalue weighted by molar-refractivity contribution is 5.88. The summed E-state index contributed by atoms with van der Waals surface area (Å²) < 4.78 is 5.40. The zero-order chi connectivity index (χ0) is 13.2. The van der Waals surface area contributed by atoms with Gasteiger partial charge in [-0.1, -0.05) is 25.0 Å². The summed E-state index contributed by atoms with van der Waals surface area (Å²) in [6.07, 6.45) is 8.25. The topological polar surface area (TPSA) is 51.0 Å². The lowest BCUT2D eigenvalue weighted by Gasteiger charge is -2.28. The molecule has 2 atom stereocenters. The van der Waals surface area contributed by atoms with Gasteiger partial charge in [0.15, 0.2) is 0 Å². The molecule has 1 saturated carbocycles. The number of methoxy groups -OCH3 is 1. The summed E-state index contributed by atoms with van der Waals surface area (Å²) >= 11 is 0. The second-order valence-corrected chi connectivity index (χ2v) is 5.61. The fourth-order valence-electron chi connectivity index (χ4n) is 3.30. The number of benzene rings is 1. The van der Waals surface area contributed by atoms with E-state index in [9.17, 15) is 0 Å². The van der Waals surface area contributed by atoms with Gasteiger partial charge in [-0.3, -0.25) is 0 Å². The molecule has 0 aliphatic heterocycles. The van der Waals surface area contributed by atoms with E-state index in [1.807, 2.05) is 6.07 Å². The molecule has 2 aromatic rings. The molecule has 1 aromatic carbocycles. The van der Waals surface area contributed by atoms with Crippen LogP contribution in [0.4, 0.5) is 0 Å². The first-order valence-corrected chi connectivity index (χ1v) is 7.18. The highest BCUT2D eigenvalue weighted by Gasteiger charge is 2.23. The maximum absolute atomic E-state index is 6.26. The lowest BCUT2D eigenvalue weighted by atomic mass is 9.81. The first-order valence-electron chi connectivity index (χ1n) is 7.18. The van der Waals surface area contributed by atoms with Crippen LogP contribution in [0.1, 0.15) is 31.2 Å². The summed E-state index contributed by atoms with van der Waals surface area (Å²) in [7, 11) is 1.71. The number of rotatable bonds is 3. The van der Waals surface area contributed by atoms with Gasteiger partial charge in [0.25, 0.3) is 0 Å². The third kappa shape index (κ3) is 2.35. The number of nitrogens with two attached hydrogens (primary N) is 1. The zero-order valence-electron chi connectivity index (χ0n) is 11.5. The first-order chi connectivity index (χ1) is 9.29. The predicted octanol–water partition coefficient (Wildman–Crippen LogP) is 3.24. The Labute approximate surface area is 114 Å². The third-order valence-corrected chi connectivity index (χ3v) is 4.43. The van der Waals surface area contributed by atoms with Crippen molar-refractivity contribution in [1.29, 1.82) is 0 Å². The van der Waals surface area contributed by atoms with Crippen molar-refractivity contribution in [1.82, 2.24) is 4.98 Å². The van der Waals surface area contributed by atoms with Crippen LogP contribution in [0.25, 0.3) is 10.9 Å². The number of ether oxygens (including phenoxy) is 1. The molecule has 0 spiro atoms. The van der Waals surface area contributed by atoms with Crippen molar-refractivity contribution in [3.05, 3.63) is 30.0 Å². The Morgan fingerprint density at radius 3 is 2.95 bits per heavy atom. The number of nitrogens with one attached hydrogen (secondary N) is 1. The summed E-state index contributed by atoms with van der Waals surface area (Å²) in [5.74, 6) is 1.54. The monoisotopic (exact) mass is 258 g/mol. The van der Waals surface area contributed by atoms with Crippen LogP contribution in [-0.4, -0.2) is 18.1 Å². The van der Waals surface area contributed by atoms with Crippen molar-refractivity contribution in [2.75, 3.05) is 7.11 Å². The van der Waals surface area contributed by atoms with Crippen LogP contribution in [0.5, 0.6) is 5.75 Å². The minimum atomic E-state index is 0.365. The molecule has 19 heavy (non-hydrogen) atoms. The fraction of sp³-hybridized carbons (Fsp3) is 0.500. The molecular weight excluding hydrogens is 236 g/mol. The minimum absolute atomic E-state index is 0.365. The Balaban J connectivity index is 1.89. The van der Waals surface area contributed by atoms with Crippen LogP contribution < -0.4 is 10.5 Å². The van der Waals surface area contributed by atoms with Gasteiger partial charge in [0.2, 0.25) is 0 Å². The number of hydrogen-bond acceptors (Lipinski definition) is 2. The van der Waals surface area contributed by atoms with Crippen molar-refractivity contribution in [2.45, 2.75) is 38.1 Å². The number of aromatic amines is 1. The summed E-state index contributed by atoms with van der Waals surface area (Å²) in [5, 5.41) is 1.28. The van der Waals surface area contributed by atoms with Crippen LogP contribution in [0.3, 0.4) is 0 Å². The van der Waals surface area contributed by atoms with Crippen LogP contribution in [0, 0.1) is 5.92 Å². The molecule has 0 radical (unpaired) electrons. The Hall–Kier alpha value is -1.48. The number of fused-ring (bicyclic) bond motifs is 1. The van der Waals surface area contributed by atoms with Crippen LogP contribution in [-0.2, 0) is 6.42 Å². The van der Waals surface area contributed by atoms with Gasteiger partial charge in [0, 0.05) is 17.6 Å². The highest BCUT2D eigenvalue weighted by Crippen LogP contribution is 2.31. The average Bonchev–Trinajstić information content (AvgIpc) is 2.84. The largest absolute Gasteiger partial charge is 0.495 e. The molecule has 1 heterocycles. The van der Waals surface area contributed by atoms with Gasteiger partial charge in [-0.15, -0.1) is 0 Å². The molecule has 0 bridgehead atoms. The van der Waals surface area contributed by atoms with E-state index in [4.69, 9.17) is 10.5 Å². The van der Waals surface area contributed by atoms with E-state index < -0.39 is 0 Å². The fourth-order valence-corrected chi connectivity index (χ4v) is 3.30. The van der Waals surface area contributed by atoms with Gasteiger partial charge >= 0.3 is 0 Å². The molecule has 1 aliphatic carbocycles. The second kappa shape index (κ2) is 5.25. The quantitative estimate of drug-likeness (QED) is 0.888. The van der Waals surface area contributed by atoms with E-state index in [2.05, 4.69) is 23.3 Å². The molecule has 102 valence electrons. The van der Waals surface area contributed by atoms with E-state index >= 15 is 0 Å². The van der Waals surface area contributed by atoms with Crippen molar-refractivity contribution >= 4 is 10.9 Å². The maximum Gasteiger partial charge on any atom is 0.142 e. The van der Waals surface area contributed by atoms with E-state index in [-0.39, 0.29) is 0 Å². The maximum atomic E-state index is 6.26. The van der Waals surface area contributed by atoms with Gasteiger partial charge < -0.3 is 15.5 Å².